The Bertz CT molecular complexity index is 502. The quantitative estimate of drug-likeness (QED) is 0.855. The number of nitrogens with zero attached hydrogens (tertiary/aromatic N) is 2. The second-order valence-electron chi connectivity index (χ2n) is 3.03. The van der Waals surface area contributed by atoms with Crippen LogP contribution < -0.4 is 5.73 Å². The number of aromatic amines is 1. The first kappa shape index (κ1) is 11.4. The van der Waals surface area contributed by atoms with Crippen molar-refractivity contribution < 1.29 is 4.39 Å². The fourth-order valence-electron chi connectivity index (χ4n) is 1.12. The van der Waals surface area contributed by atoms with E-state index in [9.17, 15) is 4.39 Å². The Hall–Kier alpha value is -1.08. The van der Waals surface area contributed by atoms with Crippen LogP contribution in [0.1, 0.15) is 5.56 Å². The SMILES string of the molecule is Nc1nc(SCc2cc(F)ccc2Br)n[nH]1. The standard InChI is InChI=1S/C9H8BrFN4S/c10-7-2-1-6(11)3-5(7)4-16-9-13-8(12)14-15-9/h1-3H,4H2,(H3,12,13,14,15). The number of halogens is 2. The monoisotopic (exact) mass is 302 g/mol. The van der Waals surface area contributed by atoms with Crippen molar-refractivity contribution in [2.24, 2.45) is 0 Å². The third-order valence-electron chi connectivity index (χ3n) is 1.85. The average molecular weight is 303 g/mol. The van der Waals surface area contributed by atoms with E-state index in [4.69, 9.17) is 5.73 Å². The number of nitrogens with two attached hydrogens (primary N) is 1. The van der Waals surface area contributed by atoms with Gasteiger partial charge in [0.15, 0.2) is 0 Å². The van der Waals surface area contributed by atoms with Crippen LogP contribution in [-0.2, 0) is 5.75 Å². The number of aromatic nitrogens is 3. The first-order valence-electron chi connectivity index (χ1n) is 4.40. The van der Waals surface area contributed by atoms with Crippen LogP contribution in [0.25, 0.3) is 0 Å². The average Bonchev–Trinajstić information content (AvgIpc) is 2.66. The van der Waals surface area contributed by atoms with Gasteiger partial charge in [-0.15, -0.1) is 5.10 Å². The van der Waals surface area contributed by atoms with E-state index in [-0.39, 0.29) is 11.8 Å². The maximum Gasteiger partial charge on any atom is 0.216 e. The molecule has 0 amide bonds. The van der Waals surface area contributed by atoms with Gasteiger partial charge >= 0.3 is 0 Å². The zero-order chi connectivity index (χ0) is 11.5. The number of nitrogen functional groups attached to an aromatic ring is 1. The number of H-pyrrole nitrogens is 1. The summed E-state index contributed by atoms with van der Waals surface area (Å²) in [5, 5.41) is 6.97. The molecule has 1 heterocycles. The molecule has 0 unspecified atom stereocenters. The first-order chi connectivity index (χ1) is 7.65. The lowest BCUT2D eigenvalue weighted by Crippen LogP contribution is -1.87. The summed E-state index contributed by atoms with van der Waals surface area (Å²) < 4.78 is 13.9. The molecule has 4 nitrogen and oxygen atoms in total. The fourth-order valence-corrected chi connectivity index (χ4v) is 2.49. The Morgan fingerprint density at radius 3 is 3.00 bits per heavy atom. The van der Waals surface area contributed by atoms with Crippen LogP contribution in [0, 0.1) is 5.82 Å². The molecule has 1 aromatic carbocycles. The number of hydrogen-bond acceptors (Lipinski definition) is 4. The molecule has 0 aliphatic rings. The van der Waals surface area contributed by atoms with E-state index in [1.165, 1.54) is 23.9 Å². The number of hydrogen-bond donors (Lipinski definition) is 2. The van der Waals surface area contributed by atoms with Crippen molar-refractivity contribution in [1.82, 2.24) is 15.2 Å². The maximum atomic E-state index is 13.0. The number of benzene rings is 1. The van der Waals surface area contributed by atoms with Gasteiger partial charge in [0.1, 0.15) is 5.82 Å². The normalized spacial score (nSPS) is 10.6. The largest absolute Gasteiger partial charge is 0.368 e. The number of rotatable bonds is 3. The summed E-state index contributed by atoms with van der Waals surface area (Å²) in [7, 11) is 0. The predicted molar refractivity (Wildman–Crippen MR) is 64.5 cm³/mol. The first-order valence-corrected chi connectivity index (χ1v) is 6.17. The van der Waals surface area contributed by atoms with Crippen molar-refractivity contribution in [3.05, 3.63) is 34.1 Å². The molecule has 0 bridgehead atoms. The summed E-state index contributed by atoms with van der Waals surface area (Å²) in [5.74, 6) is 0.601. The summed E-state index contributed by atoms with van der Waals surface area (Å²) in [6, 6.07) is 4.56. The van der Waals surface area contributed by atoms with Crippen LogP contribution >= 0.6 is 27.7 Å². The minimum Gasteiger partial charge on any atom is -0.368 e. The molecule has 0 aliphatic carbocycles. The molecule has 0 atom stereocenters. The number of nitrogens with one attached hydrogen (secondary N) is 1. The van der Waals surface area contributed by atoms with Crippen molar-refractivity contribution in [3.63, 3.8) is 0 Å². The van der Waals surface area contributed by atoms with E-state index in [2.05, 4.69) is 31.1 Å². The molecule has 84 valence electrons. The molecule has 1 aromatic heterocycles. The zero-order valence-corrected chi connectivity index (χ0v) is 10.5. The lowest BCUT2D eigenvalue weighted by Gasteiger charge is -2.02. The molecule has 16 heavy (non-hydrogen) atoms. The Balaban J connectivity index is 2.07. The summed E-state index contributed by atoms with van der Waals surface area (Å²) in [5.41, 5.74) is 6.24. The topological polar surface area (TPSA) is 67.6 Å². The van der Waals surface area contributed by atoms with Gasteiger partial charge in [-0.2, -0.15) is 4.98 Å². The van der Waals surface area contributed by atoms with Crippen LogP contribution in [0.4, 0.5) is 10.3 Å². The molecule has 2 aromatic rings. The highest BCUT2D eigenvalue weighted by atomic mass is 79.9. The number of anilines is 1. The van der Waals surface area contributed by atoms with E-state index in [1.807, 2.05) is 0 Å². The summed E-state index contributed by atoms with van der Waals surface area (Å²) in [6.07, 6.45) is 0. The van der Waals surface area contributed by atoms with Gasteiger partial charge in [0.25, 0.3) is 0 Å². The van der Waals surface area contributed by atoms with Gasteiger partial charge in [0, 0.05) is 10.2 Å². The van der Waals surface area contributed by atoms with Gasteiger partial charge in [-0.3, -0.25) is 0 Å². The minimum atomic E-state index is -0.256. The predicted octanol–water partition coefficient (Wildman–Crippen LogP) is 2.58. The second kappa shape index (κ2) is 4.84. The Morgan fingerprint density at radius 2 is 2.31 bits per heavy atom. The maximum absolute atomic E-state index is 13.0. The van der Waals surface area contributed by atoms with E-state index >= 15 is 0 Å². The van der Waals surface area contributed by atoms with Crippen LogP contribution in [0.2, 0.25) is 0 Å². The summed E-state index contributed by atoms with van der Waals surface area (Å²) in [6.45, 7) is 0. The Morgan fingerprint density at radius 1 is 1.50 bits per heavy atom. The van der Waals surface area contributed by atoms with Gasteiger partial charge < -0.3 is 5.73 Å². The molecule has 3 N–H and O–H groups in total. The minimum absolute atomic E-state index is 0.256. The molecule has 0 saturated carbocycles. The van der Waals surface area contributed by atoms with E-state index in [0.717, 1.165) is 10.0 Å². The van der Waals surface area contributed by atoms with Gasteiger partial charge in [0.2, 0.25) is 11.1 Å². The van der Waals surface area contributed by atoms with Crippen molar-refractivity contribution in [2.45, 2.75) is 10.9 Å². The lowest BCUT2D eigenvalue weighted by atomic mass is 10.2. The van der Waals surface area contributed by atoms with Crippen LogP contribution in [-0.4, -0.2) is 15.2 Å². The van der Waals surface area contributed by atoms with Crippen molar-refractivity contribution in [3.8, 4) is 0 Å². The molecule has 0 radical (unpaired) electrons. The molecule has 0 spiro atoms. The van der Waals surface area contributed by atoms with Gasteiger partial charge in [-0.1, -0.05) is 27.7 Å². The zero-order valence-electron chi connectivity index (χ0n) is 8.08. The Labute approximate surface area is 104 Å². The summed E-state index contributed by atoms with van der Waals surface area (Å²) >= 11 is 4.74. The van der Waals surface area contributed by atoms with Gasteiger partial charge in [-0.05, 0) is 23.8 Å². The van der Waals surface area contributed by atoms with Gasteiger partial charge in [-0.25, -0.2) is 9.49 Å². The molecule has 0 aliphatic heterocycles. The fraction of sp³-hybridized carbons (Fsp3) is 0.111. The van der Waals surface area contributed by atoms with Crippen LogP contribution in [0.3, 0.4) is 0 Å². The highest BCUT2D eigenvalue weighted by molar-refractivity contribution is 9.10. The highest BCUT2D eigenvalue weighted by Gasteiger charge is 2.05. The van der Waals surface area contributed by atoms with Crippen LogP contribution in [0.5, 0.6) is 0 Å². The van der Waals surface area contributed by atoms with Crippen molar-refractivity contribution >= 4 is 33.6 Å². The smallest absolute Gasteiger partial charge is 0.216 e. The van der Waals surface area contributed by atoms with E-state index < -0.39 is 0 Å². The molecule has 0 saturated heterocycles. The van der Waals surface area contributed by atoms with E-state index in [0.29, 0.717) is 10.9 Å². The Kier molecular flexibility index (Phi) is 3.45. The molecule has 2 rings (SSSR count). The van der Waals surface area contributed by atoms with E-state index in [1.54, 1.807) is 6.07 Å². The molecule has 0 fully saturated rings. The number of thioether (sulfide) groups is 1. The lowest BCUT2D eigenvalue weighted by molar-refractivity contribution is 0.626. The molecule has 7 heteroatoms. The third kappa shape index (κ3) is 2.73. The summed E-state index contributed by atoms with van der Waals surface area (Å²) in [4.78, 5) is 3.94. The van der Waals surface area contributed by atoms with Crippen molar-refractivity contribution in [1.29, 1.82) is 0 Å². The van der Waals surface area contributed by atoms with Gasteiger partial charge in [0.05, 0.1) is 0 Å². The van der Waals surface area contributed by atoms with Crippen LogP contribution in [0.15, 0.2) is 27.8 Å². The second-order valence-corrected chi connectivity index (χ2v) is 4.82. The molecular formula is C9H8BrFN4S. The highest BCUT2D eigenvalue weighted by Crippen LogP contribution is 2.25. The van der Waals surface area contributed by atoms with Crippen molar-refractivity contribution in [2.75, 3.05) is 5.73 Å². The third-order valence-corrected chi connectivity index (χ3v) is 3.52. The molecular weight excluding hydrogens is 295 g/mol.